The molecule has 0 bridgehead atoms. The van der Waals surface area contributed by atoms with Crippen LogP contribution < -0.4 is 5.32 Å². The fraction of sp³-hybridized carbons (Fsp3) is 0.300. The lowest BCUT2D eigenvalue weighted by Gasteiger charge is -2.17. The fourth-order valence-electron chi connectivity index (χ4n) is 2.46. The summed E-state index contributed by atoms with van der Waals surface area (Å²) in [5, 5.41) is 3.29. The molecule has 5 heteroatoms. The number of carbonyl (C=O) groups excluding carboxylic acids is 2. The molecule has 4 nitrogen and oxygen atoms in total. The number of likely N-dealkylation sites (N-methyl/N-ethyl adjacent to an activating group) is 1. The number of amides is 2. The molecule has 0 saturated heterocycles. The third-order valence-corrected chi connectivity index (χ3v) is 4.13. The summed E-state index contributed by atoms with van der Waals surface area (Å²) in [6, 6.07) is 15.2. The average molecular weight is 359 g/mol. The molecule has 0 aliphatic carbocycles. The van der Waals surface area contributed by atoms with Gasteiger partial charge in [-0.15, -0.1) is 0 Å². The summed E-state index contributed by atoms with van der Waals surface area (Å²) in [4.78, 5) is 25.6. The Bertz CT molecular complexity index is 729. The van der Waals surface area contributed by atoms with Gasteiger partial charge in [-0.2, -0.15) is 0 Å². The Morgan fingerprint density at radius 2 is 1.84 bits per heavy atom. The van der Waals surface area contributed by atoms with Gasteiger partial charge in [0.05, 0.1) is 6.54 Å². The van der Waals surface area contributed by atoms with Crippen LogP contribution in [0.15, 0.2) is 48.5 Å². The van der Waals surface area contributed by atoms with E-state index in [1.54, 1.807) is 31.3 Å². The summed E-state index contributed by atoms with van der Waals surface area (Å²) in [6.45, 7) is 2.08. The first-order valence-corrected chi connectivity index (χ1v) is 8.67. The molecule has 0 saturated carbocycles. The molecule has 2 aromatic rings. The highest BCUT2D eigenvalue weighted by Gasteiger charge is 2.13. The maximum absolute atomic E-state index is 12.2. The molecule has 1 N–H and O–H groups in total. The third-order valence-electron chi connectivity index (χ3n) is 3.89. The van der Waals surface area contributed by atoms with Crippen molar-refractivity contribution in [3.05, 3.63) is 64.7 Å². The van der Waals surface area contributed by atoms with Gasteiger partial charge >= 0.3 is 0 Å². The van der Waals surface area contributed by atoms with Gasteiger partial charge in [0.2, 0.25) is 11.8 Å². The topological polar surface area (TPSA) is 49.4 Å². The molecular formula is C20H23ClN2O2. The minimum Gasteiger partial charge on any atom is -0.336 e. The van der Waals surface area contributed by atoms with Crippen molar-refractivity contribution in [1.29, 1.82) is 0 Å². The first-order chi connectivity index (χ1) is 11.9. The number of halogens is 1. The quantitative estimate of drug-likeness (QED) is 0.811. The summed E-state index contributed by atoms with van der Waals surface area (Å²) in [5.74, 6) is -0.273. The van der Waals surface area contributed by atoms with E-state index in [1.165, 1.54) is 16.0 Å². The van der Waals surface area contributed by atoms with Gasteiger partial charge in [0.25, 0.3) is 0 Å². The minimum atomic E-state index is -0.239. The van der Waals surface area contributed by atoms with Crippen LogP contribution in [0.1, 0.15) is 24.0 Å². The predicted octanol–water partition coefficient (Wildman–Crippen LogP) is 4.07. The number of anilines is 1. The van der Waals surface area contributed by atoms with Crippen LogP contribution in [-0.2, 0) is 16.0 Å². The molecule has 0 aliphatic rings. The summed E-state index contributed by atoms with van der Waals surface area (Å²) in [5.41, 5.74) is 3.07. The Morgan fingerprint density at radius 1 is 1.12 bits per heavy atom. The zero-order valence-corrected chi connectivity index (χ0v) is 15.3. The van der Waals surface area contributed by atoms with Crippen LogP contribution in [0.25, 0.3) is 0 Å². The normalized spacial score (nSPS) is 10.4. The standard InChI is InChI=1S/C20H23ClN2O2/c1-15-9-11-16(12-10-15)5-3-8-20(25)23(2)14-19(24)22-18-7-4-6-17(21)13-18/h4,6-7,9-13H,3,5,8,14H2,1-2H3,(H,22,24). The molecule has 0 radical (unpaired) electrons. The van der Waals surface area contributed by atoms with Gasteiger partial charge in [-0.3, -0.25) is 9.59 Å². The van der Waals surface area contributed by atoms with Crippen LogP contribution in [0.4, 0.5) is 5.69 Å². The molecule has 25 heavy (non-hydrogen) atoms. The van der Waals surface area contributed by atoms with Gasteiger partial charge < -0.3 is 10.2 Å². The van der Waals surface area contributed by atoms with E-state index in [0.717, 1.165) is 12.8 Å². The number of nitrogens with one attached hydrogen (secondary N) is 1. The summed E-state index contributed by atoms with van der Waals surface area (Å²) < 4.78 is 0. The van der Waals surface area contributed by atoms with Crippen LogP contribution in [0, 0.1) is 6.92 Å². The van der Waals surface area contributed by atoms with Crippen LogP contribution >= 0.6 is 11.6 Å². The van der Waals surface area contributed by atoms with Gasteiger partial charge in [0.1, 0.15) is 0 Å². The predicted molar refractivity (Wildman–Crippen MR) is 102 cm³/mol. The van der Waals surface area contributed by atoms with E-state index in [-0.39, 0.29) is 18.4 Å². The van der Waals surface area contributed by atoms with Crippen molar-refractivity contribution in [3.63, 3.8) is 0 Å². The number of benzene rings is 2. The van der Waals surface area contributed by atoms with Crippen molar-refractivity contribution in [2.24, 2.45) is 0 Å². The van der Waals surface area contributed by atoms with E-state index in [4.69, 9.17) is 11.6 Å². The second-order valence-corrected chi connectivity index (χ2v) is 6.58. The molecule has 2 rings (SSSR count). The van der Waals surface area contributed by atoms with E-state index in [2.05, 4.69) is 36.5 Å². The zero-order valence-electron chi connectivity index (χ0n) is 14.6. The van der Waals surface area contributed by atoms with Gasteiger partial charge in [-0.1, -0.05) is 47.5 Å². The Balaban J connectivity index is 1.73. The Kier molecular flexibility index (Phi) is 7.02. The first-order valence-electron chi connectivity index (χ1n) is 8.29. The molecule has 0 atom stereocenters. The minimum absolute atomic E-state index is 0.0237. The van der Waals surface area contributed by atoms with E-state index >= 15 is 0 Å². The lowest BCUT2D eigenvalue weighted by atomic mass is 10.1. The molecule has 2 amide bonds. The number of hydrogen-bond acceptors (Lipinski definition) is 2. The van der Waals surface area contributed by atoms with Crippen molar-refractivity contribution in [2.75, 3.05) is 18.9 Å². The van der Waals surface area contributed by atoms with Gasteiger partial charge in [0, 0.05) is 24.2 Å². The number of nitrogens with zero attached hydrogens (tertiary/aromatic N) is 1. The number of rotatable bonds is 7. The van der Waals surface area contributed by atoms with E-state index < -0.39 is 0 Å². The van der Waals surface area contributed by atoms with Crippen molar-refractivity contribution < 1.29 is 9.59 Å². The highest BCUT2D eigenvalue weighted by Crippen LogP contribution is 2.15. The molecule has 0 aromatic heterocycles. The first kappa shape index (κ1) is 19.0. The maximum Gasteiger partial charge on any atom is 0.243 e. The van der Waals surface area contributed by atoms with E-state index in [0.29, 0.717) is 17.1 Å². The number of carbonyl (C=O) groups is 2. The number of aryl methyl sites for hydroxylation is 2. The van der Waals surface area contributed by atoms with Crippen molar-refractivity contribution in [3.8, 4) is 0 Å². The highest BCUT2D eigenvalue weighted by molar-refractivity contribution is 6.30. The zero-order chi connectivity index (χ0) is 18.2. The van der Waals surface area contributed by atoms with Crippen molar-refractivity contribution >= 4 is 29.1 Å². The highest BCUT2D eigenvalue weighted by atomic mass is 35.5. The smallest absolute Gasteiger partial charge is 0.243 e. The number of hydrogen-bond donors (Lipinski definition) is 1. The van der Waals surface area contributed by atoms with Crippen molar-refractivity contribution in [2.45, 2.75) is 26.2 Å². The molecular weight excluding hydrogens is 336 g/mol. The van der Waals surface area contributed by atoms with Gasteiger partial charge in [0.15, 0.2) is 0 Å². The lowest BCUT2D eigenvalue weighted by molar-refractivity contribution is -0.133. The molecule has 2 aromatic carbocycles. The summed E-state index contributed by atoms with van der Waals surface area (Å²) in [6.07, 6.45) is 2.05. The lowest BCUT2D eigenvalue weighted by Crippen LogP contribution is -2.34. The second kappa shape index (κ2) is 9.23. The third kappa shape index (κ3) is 6.59. The van der Waals surface area contributed by atoms with Crippen LogP contribution in [0.5, 0.6) is 0 Å². The SMILES string of the molecule is Cc1ccc(CCCC(=O)N(C)CC(=O)Nc2cccc(Cl)c2)cc1. The van der Waals surface area contributed by atoms with Crippen LogP contribution in [-0.4, -0.2) is 30.3 Å². The molecule has 0 heterocycles. The Morgan fingerprint density at radius 3 is 2.52 bits per heavy atom. The van der Waals surface area contributed by atoms with Gasteiger partial charge in [-0.05, 0) is 43.5 Å². The molecule has 0 unspecified atom stereocenters. The maximum atomic E-state index is 12.2. The van der Waals surface area contributed by atoms with Gasteiger partial charge in [-0.25, -0.2) is 0 Å². The van der Waals surface area contributed by atoms with Crippen LogP contribution in [0.2, 0.25) is 5.02 Å². The monoisotopic (exact) mass is 358 g/mol. The van der Waals surface area contributed by atoms with E-state index in [1.807, 2.05) is 0 Å². The molecule has 132 valence electrons. The Labute approximate surface area is 153 Å². The Hall–Kier alpha value is -2.33. The largest absolute Gasteiger partial charge is 0.336 e. The van der Waals surface area contributed by atoms with Crippen molar-refractivity contribution in [1.82, 2.24) is 4.90 Å². The molecule has 0 spiro atoms. The molecule has 0 aliphatic heterocycles. The fourth-order valence-corrected chi connectivity index (χ4v) is 2.65. The average Bonchev–Trinajstić information content (AvgIpc) is 2.56. The van der Waals surface area contributed by atoms with E-state index in [9.17, 15) is 9.59 Å². The summed E-state index contributed by atoms with van der Waals surface area (Å²) in [7, 11) is 1.64. The summed E-state index contributed by atoms with van der Waals surface area (Å²) >= 11 is 5.88. The second-order valence-electron chi connectivity index (χ2n) is 6.15. The van der Waals surface area contributed by atoms with Crippen LogP contribution in [0.3, 0.4) is 0 Å². The molecule has 0 fully saturated rings.